The van der Waals surface area contributed by atoms with Crippen LogP contribution >= 0.6 is 0 Å². The van der Waals surface area contributed by atoms with E-state index in [2.05, 4.69) is 4.98 Å². The summed E-state index contributed by atoms with van der Waals surface area (Å²) in [6, 6.07) is 12.7. The normalized spacial score (nSPS) is 14.1. The zero-order valence-corrected chi connectivity index (χ0v) is 12.8. The Morgan fingerprint density at radius 3 is 1.96 bits per heavy atom. The van der Waals surface area contributed by atoms with E-state index in [1.165, 1.54) is 36.7 Å². The zero-order valence-electron chi connectivity index (χ0n) is 12.8. The maximum Gasteiger partial charge on any atom is 0.416 e. The Balaban J connectivity index is 2.21. The maximum atomic E-state index is 14.4. The molecule has 0 saturated carbocycles. The molecule has 25 heavy (non-hydrogen) atoms. The van der Waals surface area contributed by atoms with Crippen molar-refractivity contribution in [2.45, 2.75) is 11.8 Å². The highest BCUT2D eigenvalue weighted by Gasteiger charge is 2.37. The highest BCUT2D eigenvalue weighted by atomic mass is 19.4. The Kier molecular flexibility index (Phi) is 4.30. The van der Waals surface area contributed by atoms with Crippen LogP contribution in [-0.2, 0) is 11.8 Å². The monoisotopic (exact) mass is 347 g/mol. The smallest absolute Gasteiger partial charge is 0.376 e. The second kappa shape index (κ2) is 6.29. The Labute approximate surface area is 141 Å². The van der Waals surface area contributed by atoms with E-state index in [-0.39, 0.29) is 16.7 Å². The van der Waals surface area contributed by atoms with E-state index in [1.807, 2.05) is 0 Å². The molecule has 0 aliphatic rings. The molecule has 0 radical (unpaired) electrons. The largest absolute Gasteiger partial charge is 0.416 e. The number of pyridine rings is 1. The molecule has 0 aliphatic heterocycles. The van der Waals surface area contributed by atoms with Crippen molar-refractivity contribution in [2.24, 2.45) is 0 Å². The first-order valence-corrected chi connectivity index (χ1v) is 7.39. The molecule has 6 heteroatoms. The van der Waals surface area contributed by atoms with E-state index in [1.54, 1.807) is 12.1 Å². The molecule has 1 heterocycles. The third kappa shape index (κ3) is 3.13. The molecule has 1 atom stereocenters. The van der Waals surface area contributed by atoms with Gasteiger partial charge < -0.3 is 5.11 Å². The van der Waals surface area contributed by atoms with Crippen molar-refractivity contribution < 1.29 is 22.7 Å². The van der Waals surface area contributed by atoms with Crippen LogP contribution in [-0.4, -0.2) is 10.1 Å². The van der Waals surface area contributed by atoms with Gasteiger partial charge in [-0.3, -0.25) is 4.98 Å². The van der Waals surface area contributed by atoms with Gasteiger partial charge >= 0.3 is 6.18 Å². The highest BCUT2D eigenvalue weighted by molar-refractivity contribution is 5.47. The van der Waals surface area contributed by atoms with Crippen LogP contribution in [0, 0.1) is 5.82 Å². The molecule has 0 fully saturated rings. The first-order valence-electron chi connectivity index (χ1n) is 7.39. The third-order valence-electron chi connectivity index (χ3n) is 3.97. The Bertz CT molecular complexity index is 863. The molecule has 0 aliphatic carbocycles. The molecule has 1 N–H and O–H groups in total. The summed E-state index contributed by atoms with van der Waals surface area (Å²) in [5, 5.41) is 11.3. The summed E-state index contributed by atoms with van der Waals surface area (Å²) < 4.78 is 52.7. The van der Waals surface area contributed by atoms with Crippen molar-refractivity contribution in [3.05, 3.63) is 101 Å². The van der Waals surface area contributed by atoms with Gasteiger partial charge in [0.05, 0.1) is 5.56 Å². The Morgan fingerprint density at radius 1 is 0.760 bits per heavy atom. The van der Waals surface area contributed by atoms with Gasteiger partial charge in [0.2, 0.25) is 0 Å². The summed E-state index contributed by atoms with van der Waals surface area (Å²) in [4.78, 5) is 3.93. The van der Waals surface area contributed by atoms with Crippen LogP contribution < -0.4 is 0 Å². The van der Waals surface area contributed by atoms with Gasteiger partial charge in [-0.15, -0.1) is 0 Å². The number of hydrogen-bond acceptors (Lipinski definition) is 2. The van der Waals surface area contributed by atoms with Gasteiger partial charge in [-0.25, -0.2) is 4.39 Å². The molecule has 128 valence electrons. The molecule has 1 aromatic heterocycles. The minimum atomic E-state index is -4.50. The molecule has 3 aromatic rings. The second-order valence-corrected chi connectivity index (χ2v) is 5.51. The lowest BCUT2D eigenvalue weighted by Crippen LogP contribution is -2.30. The fourth-order valence-corrected chi connectivity index (χ4v) is 2.71. The molecule has 0 amide bonds. The van der Waals surface area contributed by atoms with Crippen molar-refractivity contribution in [3.63, 3.8) is 0 Å². The summed E-state index contributed by atoms with van der Waals surface area (Å²) in [5.41, 5.74) is -2.52. The lowest BCUT2D eigenvalue weighted by Gasteiger charge is -2.30. The second-order valence-electron chi connectivity index (χ2n) is 5.51. The van der Waals surface area contributed by atoms with Crippen molar-refractivity contribution in [3.8, 4) is 0 Å². The molecule has 3 rings (SSSR count). The Morgan fingerprint density at radius 2 is 1.40 bits per heavy atom. The minimum Gasteiger partial charge on any atom is -0.376 e. The number of alkyl halides is 3. The zero-order chi connectivity index (χ0) is 18.1. The number of rotatable bonds is 3. The number of halogens is 4. The topological polar surface area (TPSA) is 33.1 Å². The fraction of sp³-hybridized carbons (Fsp3) is 0.105. The van der Waals surface area contributed by atoms with Crippen molar-refractivity contribution in [1.29, 1.82) is 0 Å². The molecular formula is C19H13F4NO. The Hall–Kier alpha value is -2.73. The quantitative estimate of drug-likeness (QED) is 0.707. The molecule has 0 spiro atoms. The van der Waals surface area contributed by atoms with E-state index < -0.39 is 23.2 Å². The van der Waals surface area contributed by atoms with E-state index in [9.17, 15) is 22.7 Å². The van der Waals surface area contributed by atoms with Crippen LogP contribution in [0.25, 0.3) is 0 Å². The number of benzene rings is 2. The van der Waals surface area contributed by atoms with Gasteiger partial charge in [-0.05, 0) is 29.8 Å². The molecule has 2 aromatic carbocycles. The molecule has 1 unspecified atom stereocenters. The predicted octanol–water partition coefficient (Wildman–Crippen LogP) is 4.52. The number of nitrogens with zero attached hydrogens (tertiary/aromatic N) is 1. The summed E-state index contributed by atoms with van der Waals surface area (Å²) in [6.45, 7) is 0. The van der Waals surface area contributed by atoms with Crippen LogP contribution in [0.1, 0.15) is 22.3 Å². The van der Waals surface area contributed by atoms with E-state index in [0.717, 1.165) is 24.3 Å². The predicted molar refractivity (Wildman–Crippen MR) is 84.2 cm³/mol. The molecule has 0 bridgehead atoms. The summed E-state index contributed by atoms with van der Waals surface area (Å²) in [7, 11) is 0. The van der Waals surface area contributed by atoms with E-state index in [0.29, 0.717) is 0 Å². The van der Waals surface area contributed by atoms with Gasteiger partial charge in [-0.1, -0.05) is 36.4 Å². The van der Waals surface area contributed by atoms with Crippen LogP contribution in [0.5, 0.6) is 0 Å². The maximum absolute atomic E-state index is 14.4. The first kappa shape index (κ1) is 17.1. The van der Waals surface area contributed by atoms with Gasteiger partial charge in [0.1, 0.15) is 11.4 Å². The molecular weight excluding hydrogens is 334 g/mol. The van der Waals surface area contributed by atoms with Crippen LogP contribution in [0.3, 0.4) is 0 Å². The van der Waals surface area contributed by atoms with E-state index >= 15 is 0 Å². The number of aromatic nitrogens is 1. The lowest BCUT2D eigenvalue weighted by atomic mass is 9.80. The van der Waals surface area contributed by atoms with Crippen molar-refractivity contribution in [1.82, 2.24) is 4.98 Å². The SMILES string of the molecule is OC(c1ccc(C(F)(F)F)cc1)(c1cccnc1)c1ccccc1F. The van der Waals surface area contributed by atoms with Gasteiger partial charge in [0.15, 0.2) is 0 Å². The average Bonchev–Trinajstić information content (AvgIpc) is 2.61. The standard InChI is InChI=1S/C19H13F4NO/c20-17-6-2-1-5-16(17)18(25,15-4-3-11-24-12-15)13-7-9-14(10-8-13)19(21,22)23/h1-12,25H. The van der Waals surface area contributed by atoms with Crippen LogP contribution in [0.4, 0.5) is 17.6 Å². The molecule has 2 nitrogen and oxygen atoms in total. The van der Waals surface area contributed by atoms with Gasteiger partial charge in [-0.2, -0.15) is 13.2 Å². The average molecular weight is 347 g/mol. The lowest BCUT2D eigenvalue weighted by molar-refractivity contribution is -0.137. The summed E-state index contributed by atoms with van der Waals surface area (Å²) >= 11 is 0. The highest BCUT2D eigenvalue weighted by Crippen LogP contribution is 2.39. The summed E-state index contributed by atoms with van der Waals surface area (Å²) in [5.74, 6) is -0.672. The fourth-order valence-electron chi connectivity index (χ4n) is 2.71. The van der Waals surface area contributed by atoms with Gasteiger partial charge in [0, 0.05) is 23.5 Å². The van der Waals surface area contributed by atoms with Gasteiger partial charge in [0.25, 0.3) is 0 Å². The first-order chi connectivity index (χ1) is 11.8. The van der Waals surface area contributed by atoms with Crippen molar-refractivity contribution in [2.75, 3.05) is 0 Å². The van der Waals surface area contributed by atoms with Crippen LogP contribution in [0.15, 0.2) is 73.1 Å². The number of aliphatic hydroxyl groups is 1. The third-order valence-corrected chi connectivity index (χ3v) is 3.97. The van der Waals surface area contributed by atoms with E-state index in [4.69, 9.17) is 0 Å². The molecule has 0 saturated heterocycles. The summed E-state index contributed by atoms with van der Waals surface area (Å²) in [6.07, 6.45) is -1.66. The number of hydrogen-bond donors (Lipinski definition) is 1. The van der Waals surface area contributed by atoms with Crippen molar-refractivity contribution >= 4 is 0 Å². The van der Waals surface area contributed by atoms with Crippen LogP contribution in [0.2, 0.25) is 0 Å². The minimum absolute atomic E-state index is 0.0669.